The molecule has 0 unspecified atom stereocenters. The van der Waals surface area contributed by atoms with Crippen molar-refractivity contribution in [3.8, 4) is 0 Å². The number of nitrogens with one attached hydrogen (secondary N) is 2. The highest BCUT2D eigenvalue weighted by Crippen LogP contribution is 2.55. The minimum absolute atomic E-state index is 0.0493. The van der Waals surface area contributed by atoms with Crippen LogP contribution in [-0.2, 0) is 21.7 Å². The first-order valence-corrected chi connectivity index (χ1v) is 10.7. The van der Waals surface area contributed by atoms with Crippen molar-refractivity contribution >= 4 is 28.8 Å². The number of carbonyl (C=O) groups excluding carboxylic acids is 2. The first-order chi connectivity index (χ1) is 13.5. The van der Waals surface area contributed by atoms with Crippen molar-refractivity contribution in [1.82, 2.24) is 15.2 Å². The molecule has 3 atom stereocenters. The highest BCUT2D eigenvalue weighted by atomic mass is 32.1. The summed E-state index contributed by atoms with van der Waals surface area (Å²) in [6.45, 7) is 5.30. The summed E-state index contributed by atoms with van der Waals surface area (Å²) in [7, 11) is 0. The average molecular weight is 397 g/mol. The summed E-state index contributed by atoms with van der Waals surface area (Å²) in [5.41, 5.74) is 1.92. The molecule has 6 nitrogen and oxygen atoms in total. The molecule has 0 radical (unpaired) electrons. The Balaban J connectivity index is 1.48. The molecule has 1 spiro atoms. The molecule has 4 heterocycles. The fourth-order valence-electron chi connectivity index (χ4n) is 5.28. The average Bonchev–Trinajstić information content (AvgIpc) is 3.40. The van der Waals surface area contributed by atoms with Crippen molar-refractivity contribution in [2.45, 2.75) is 51.2 Å². The monoisotopic (exact) mass is 396 g/mol. The number of para-hydroxylation sites is 1. The van der Waals surface area contributed by atoms with Crippen molar-refractivity contribution in [2.24, 2.45) is 5.92 Å². The molecule has 146 valence electrons. The maximum atomic E-state index is 13.3. The van der Waals surface area contributed by atoms with Crippen LogP contribution in [-0.4, -0.2) is 34.3 Å². The fourth-order valence-corrected chi connectivity index (χ4v) is 6.15. The number of benzene rings is 1. The standard InChI is InChI=1S/C21H24N4O2S/c1-12-13(2)28-18(23-12)11-22-19(26)16-10-14-6-5-9-25(14)21(16)15-7-3-4-8-17(15)24-20(21)27/h3-4,7-8,14,16H,5-6,9-11H2,1-2H3,(H,22,26)(H,24,27)/t14-,16-,21+/m1/s1. The number of anilines is 1. The Labute approximate surface area is 168 Å². The van der Waals surface area contributed by atoms with E-state index in [0.29, 0.717) is 6.54 Å². The molecular weight excluding hydrogens is 372 g/mol. The second-order valence-electron chi connectivity index (χ2n) is 8.01. The van der Waals surface area contributed by atoms with E-state index in [-0.39, 0.29) is 23.8 Å². The Bertz CT molecular complexity index is 952. The van der Waals surface area contributed by atoms with Crippen LogP contribution in [0.15, 0.2) is 24.3 Å². The van der Waals surface area contributed by atoms with Gasteiger partial charge in [0.2, 0.25) is 11.8 Å². The normalized spacial score (nSPS) is 28.4. The molecule has 2 fully saturated rings. The second kappa shape index (κ2) is 6.39. The quantitative estimate of drug-likeness (QED) is 0.837. The Morgan fingerprint density at radius 3 is 3.00 bits per heavy atom. The summed E-state index contributed by atoms with van der Waals surface area (Å²) in [4.78, 5) is 34.6. The van der Waals surface area contributed by atoms with Gasteiger partial charge in [0.1, 0.15) is 10.5 Å². The Morgan fingerprint density at radius 1 is 1.39 bits per heavy atom. The SMILES string of the molecule is Cc1nc(CNC(=O)[C@H]2C[C@H]3CCCN3[C@]23C(=O)Nc2ccccc23)sc1C. The van der Waals surface area contributed by atoms with E-state index in [4.69, 9.17) is 0 Å². The molecule has 0 bridgehead atoms. The Kier molecular flexibility index (Phi) is 4.07. The summed E-state index contributed by atoms with van der Waals surface area (Å²) >= 11 is 1.61. The van der Waals surface area contributed by atoms with E-state index in [0.717, 1.165) is 47.8 Å². The molecular formula is C21H24N4O2S. The number of aromatic nitrogens is 1. The zero-order valence-electron chi connectivity index (χ0n) is 16.1. The van der Waals surface area contributed by atoms with Gasteiger partial charge in [0, 0.05) is 22.2 Å². The van der Waals surface area contributed by atoms with E-state index in [1.54, 1.807) is 11.3 Å². The van der Waals surface area contributed by atoms with Crippen LogP contribution < -0.4 is 10.6 Å². The number of hydrogen-bond acceptors (Lipinski definition) is 5. The van der Waals surface area contributed by atoms with Gasteiger partial charge in [-0.1, -0.05) is 18.2 Å². The molecule has 0 saturated carbocycles. The molecule has 1 aromatic carbocycles. The third kappa shape index (κ3) is 2.39. The summed E-state index contributed by atoms with van der Waals surface area (Å²) in [5, 5.41) is 7.03. The largest absolute Gasteiger partial charge is 0.349 e. The predicted molar refractivity (Wildman–Crippen MR) is 108 cm³/mol. The van der Waals surface area contributed by atoms with Gasteiger partial charge in [-0.3, -0.25) is 14.5 Å². The van der Waals surface area contributed by atoms with Crippen molar-refractivity contribution in [2.75, 3.05) is 11.9 Å². The lowest BCUT2D eigenvalue weighted by atomic mass is 9.78. The van der Waals surface area contributed by atoms with Gasteiger partial charge in [0.25, 0.3) is 0 Å². The predicted octanol–water partition coefficient (Wildman–Crippen LogP) is 2.71. The molecule has 0 aliphatic carbocycles. The third-order valence-corrected chi connectivity index (χ3v) is 7.65. The van der Waals surface area contributed by atoms with E-state index in [2.05, 4.69) is 20.5 Å². The van der Waals surface area contributed by atoms with Crippen molar-refractivity contribution in [3.05, 3.63) is 45.4 Å². The van der Waals surface area contributed by atoms with Crippen molar-refractivity contribution in [1.29, 1.82) is 0 Å². The van der Waals surface area contributed by atoms with Crippen LogP contribution in [0.25, 0.3) is 0 Å². The lowest BCUT2D eigenvalue weighted by Crippen LogP contribution is -2.54. The summed E-state index contributed by atoms with van der Waals surface area (Å²) < 4.78 is 0. The van der Waals surface area contributed by atoms with Gasteiger partial charge in [-0.15, -0.1) is 11.3 Å². The van der Waals surface area contributed by atoms with Gasteiger partial charge in [0.15, 0.2) is 0 Å². The molecule has 5 rings (SSSR count). The van der Waals surface area contributed by atoms with Crippen LogP contribution in [0, 0.1) is 19.8 Å². The lowest BCUT2D eigenvalue weighted by Gasteiger charge is -2.36. The summed E-state index contributed by atoms with van der Waals surface area (Å²) in [6, 6.07) is 8.11. The number of hydrogen-bond donors (Lipinski definition) is 2. The maximum Gasteiger partial charge on any atom is 0.250 e. The Hall–Kier alpha value is -2.25. The molecule has 2 amide bonds. The number of aryl methyl sites for hydroxylation is 2. The van der Waals surface area contributed by atoms with Gasteiger partial charge >= 0.3 is 0 Å². The van der Waals surface area contributed by atoms with E-state index in [9.17, 15) is 9.59 Å². The van der Waals surface area contributed by atoms with Gasteiger partial charge in [-0.2, -0.15) is 0 Å². The second-order valence-corrected chi connectivity index (χ2v) is 9.30. The first-order valence-electron chi connectivity index (χ1n) is 9.90. The molecule has 3 aliphatic heterocycles. The zero-order chi connectivity index (χ0) is 19.5. The fraction of sp³-hybridized carbons (Fsp3) is 0.476. The van der Waals surface area contributed by atoms with E-state index < -0.39 is 5.54 Å². The van der Waals surface area contributed by atoms with E-state index >= 15 is 0 Å². The van der Waals surface area contributed by atoms with Crippen LogP contribution in [0.5, 0.6) is 0 Å². The highest BCUT2D eigenvalue weighted by molar-refractivity contribution is 7.11. The van der Waals surface area contributed by atoms with Crippen molar-refractivity contribution < 1.29 is 9.59 Å². The highest BCUT2D eigenvalue weighted by Gasteiger charge is 2.65. The lowest BCUT2D eigenvalue weighted by molar-refractivity contribution is -0.137. The minimum Gasteiger partial charge on any atom is -0.349 e. The Morgan fingerprint density at radius 2 is 2.21 bits per heavy atom. The number of carbonyl (C=O) groups is 2. The molecule has 2 saturated heterocycles. The molecule has 2 aromatic rings. The van der Waals surface area contributed by atoms with Crippen LogP contribution in [0.1, 0.15) is 40.4 Å². The number of rotatable bonds is 3. The number of nitrogens with zero attached hydrogens (tertiary/aromatic N) is 2. The topological polar surface area (TPSA) is 74.3 Å². The maximum absolute atomic E-state index is 13.3. The van der Waals surface area contributed by atoms with Gasteiger partial charge in [-0.05, 0) is 45.7 Å². The van der Waals surface area contributed by atoms with Gasteiger partial charge < -0.3 is 10.6 Å². The molecule has 7 heteroatoms. The number of amides is 2. The molecule has 2 N–H and O–H groups in total. The first kappa shape index (κ1) is 17.8. The van der Waals surface area contributed by atoms with Crippen molar-refractivity contribution in [3.63, 3.8) is 0 Å². The smallest absolute Gasteiger partial charge is 0.250 e. The minimum atomic E-state index is -0.878. The van der Waals surface area contributed by atoms with Gasteiger partial charge in [-0.25, -0.2) is 4.98 Å². The number of thiazole rings is 1. The van der Waals surface area contributed by atoms with Crippen LogP contribution in [0.4, 0.5) is 5.69 Å². The van der Waals surface area contributed by atoms with Crippen LogP contribution in [0.2, 0.25) is 0 Å². The summed E-state index contributed by atoms with van der Waals surface area (Å²) in [5.74, 6) is -0.491. The molecule has 3 aliphatic rings. The number of fused-ring (bicyclic) bond motifs is 4. The van der Waals surface area contributed by atoms with Crippen LogP contribution in [0.3, 0.4) is 0 Å². The molecule has 1 aromatic heterocycles. The van der Waals surface area contributed by atoms with Crippen LogP contribution >= 0.6 is 11.3 Å². The van der Waals surface area contributed by atoms with Gasteiger partial charge in [0.05, 0.1) is 18.2 Å². The summed E-state index contributed by atoms with van der Waals surface area (Å²) in [6.07, 6.45) is 2.85. The zero-order valence-corrected chi connectivity index (χ0v) is 16.9. The third-order valence-electron chi connectivity index (χ3n) is 6.58. The van der Waals surface area contributed by atoms with E-state index in [1.165, 1.54) is 4.88 Å². The van der Waals surface area contributed by atoms with E-state index in [1.807, 2.05) is 38.1 Å². The molecule has 28 heavy (non-hydrogen) atoms.